The van der Waals surface area contributed by atoms with Crippen molar-refractivity contribution in [1.29, 1.82) is 0 Å². The van der Waals surface area contributed by atoms with Crippen molar-refractivity contribution in [1.82, 2.24) is 14.8 Å². The molecule has 144 valence electrons. The molecule has 0 bridgehead atoms. The summed E-state index contributed by atoms with van der Waals surface area (Å²) in [7, 11) is 0. The molecule has 0 saturated carbocycles. The van der Waals surface area contributed by atoms with Crippen LogP contribution in [0.1, 0.15) is 5.56 Å². The molecular weight excluding hydrogens is 382 g/mol. The predicted molar refractivity (Wildman–Crippen MR) is 114 cm³/mol. The van der Waals surface area contributed by atoms with Crippen LogP contribution in [-0.4, -0.2) is 26.5 Å². The summed E-state index contributed by atoms with van der Waals surface area (Å²) in [6.07, 6.45) is 0. The molecule has 1 heterocycles. The molecule has 0 radical (unpaired) electrons. The van der Waals surface area contributed by atoms with Crippen molar-refractivity contribution in [2.24, 2.45) is 0 Å². The maximum Gasteiger partial charge on any atom is 0.316 e. The number of aromatic nitrogens is 3. The summed E-state index contributed by atoms with van der Waals surface area (Å²) in [5.41, 5.74) is 2.84. The molecule has 4 rings (SSSR count). The molecule has 0 spiro atoms. The maximum absolute atomic E-state index is 12.1. The van der Waals surface area contributed by atoms with Crippen LogP contribution in [0.4, 0.5) is 0 Å². The average Bonchev–Trinajstić information content (AvgIpc) is 3.23. The van der Waals surface area contributed by atoms with E-state index < -0.39 is 0 Å². The van der Waals surface area contributed by atoms with Gasteiger partial charge in [-0.15, -0.1) is 5.10 Å². The van der Waals surface area contributed by atoms with Gasteiger partial charge in [-0.2, -0.15) is 0 Å². The molecule has 4 aromatic rings. The summed E-state index contributed by atoms with van der Waals surface area (Å²) in [5.74, 6) is 0.591. The molecular formula is C23H19N3O2S. The van der Waals surface area contributed by atoms with Gasteiger partial charge in [0, 0.05) is 5.56 Å². The number of nitrogens with zero attached hydrogens (tertiary/aromatic N) is 3. The number of carbonyl (C=O) groups excluding carboxylic acids is 1. The van der Waals surface area contributed by atoms with E-state index in [2.05, 4.69) is 10.1 Å². The molecule has 0 aliphatic rings. The van der Waals surface area contributed by atoms with Crippen molar-refractivity contribution in [3.05, 3.63) is 96.6 Å². The summed E-state index contributed by atoms with van der Waals surface area (Å²) in [4.78, 5) is 16.8. The minimum absolute atomic E-state index is 0.153. The monoisotopic (exact) mass is 401 g/mol. The van der Waals surface area contributed by atoms with Crippen LogP contribution in [-0.2, 0) is 16.1 Å². The fourth-order valence-electron chi connectivity index (χ4n) is 2.78. The highest BCUT2D eigenvalue weighted by Gasteiger charge is 2.15. The molecule has 0 aliphatic carbocycles. The highest BCUT2D eigenvalue weighted by molar-refractivity contribution is 7.99. The molecule has 0 N–H and O–H groups in total. The van der Waals surface area contributed by atoms with E-state index in [1.165, 1.54) is 11.8 Å². The smallest absolute Gasteiger partial charge is 0.316 e. The number of thioether (sulfide) groups is 1. The lowest BCUT2D eigenvalue weighted by molar-refractivity contribution is -0.141. The largest absolute Gasteiger partial charge is 0.460 e. The van der Waals surface area contributed by atoms with Crippen LogP contribution in [0.2, 0.25) is 0 Å². The zero-order valence-electron chi connectivity index (χ0n) is 15.6. The van der Waals surface area contributed by atoms with Crippen LogP contribution in [0.25, 0.3) is 17.1 Å². The summed E-state index contributed by atoms with van der Waals surface area (Å²) in [5, 5.41) is 5.14. The summed E-state index contributed by atoms with van der Waals surface area (Å²) < 4.78 is 7.13. The summed E-state index contributed by atoms with van der Waals surface area (Å²) in [6.45, 7) is 0.265. The lowest BCUT2D eigenvalue weighted by atomic mass is 10.2. The van der Waals surface area contributed by atoms with Gasteiger partial charge in [0.1, 0.15) is 6.61 Å². The van der Waals surface area contributed by atoms with Gasteiger partial charge in [-0.3, -0.25) is 4.79 Å². The lowest BCUT2D eigenvalue weighted by Crippen LogP contribution is -2.07. The Morgan fingerprint density at radius 3 is 2.17 bits per heavy atom. The molecule has 5 nitrogen and oxygen atoms in total. The first-order valence-electron chi connectivity index (χ1n) is 9.20. The van der Waals surface area contributed by atoms with Gasteiger partial charge < -0.3 is 4.74 Å². The second kappa shape index (κ2) is 9.21. The SMILES string of the molecule is O=C(CSc1nc(-c2ccccc2)n(-c2ccccc2)n1)OCc1ccccc1. The highest BCUT2D eigenvalue weighted by atomic mass is 32.2. The molecule has 0 atom stereocenters. The van der Waals surface area contributed by atoms with E-state index in [1.54, 1.807) is 4.68 Å². The zero-order chi connectivity index (χ0) is 19.9. The Hall–Kier alpha value is -3.38. The van der Waals surface area contributed by atoms with Gasteiger partial charge in [0.05, 0.1) is 11.4 Å². The van der Waals surface area contributed by atoms with Crippen molar-refractivity contribution in [2.45, 2.75) is 11.8 Å². The van der Waals surface area contributed by atoms with E-state index in [-0.39, 0.29) is 18.3 Å². The van der Waals surface area contributed by atoms with Gasteiger partial charge in [-0.1, -0.05) is 90.6 Å². The van der Waals surface area contributed by atoms with Gasteiger partial charge in [-0.05, 0) is 17.7 Å². The molecule has 3 aromatic carbocycles. The standard InChI is InChI=1S/C23H19N3O2S/c27-21(28-16-18-10-4-1-5-11-18)17-29-23-24-22(19-12-6-2-7-13-19)26(25-23)20-14-8-3-9-15-20/h1-15H,16-17H2. The summed E-state index contributed by atoms with van der Waals surface area (Å²) in [6, 6.07) is 29.3. The van der Waals surface area contributed by atoms with E-state index >= 15 is 0 Å². The number of ether oxygens (including phenoxy) is 1. The normalized spacial score (nSPS) is 10.6. The third kappa shape index (κ3) is 4.92. The second-order valence-corrected chi connectivity index (χ2v) is 7.21. The summed E-state index contributed by atoms with van der Waals surface area (Å²) >= 11 is 1.27. The van der Waals surface area contributed by atoms with Gasteiger partial charge in [-0.25, -0.2) is 9.67 Å². The predicted octanol–water partition coefficient (Wildman–Crippen LogP) is 4.77. The van der Waals surface area contributed by atoms with Crippen LogP contribution < -0.4 is 0 Å². The van der Waals surface area contributed by atoms with Gasteiger partial charge in [0.25, 0.3) is 0 Å². The van der Waals surface area contributed by atoms with Gasteiger partial charge in [0.15, 0.2) is 5.82 Å². The molecule has 0 saturated heterocycles. The Labute approximate surface area is 173 Å². The Balaban J connectivity index is 1.48. The van der Waals surface area contributed by atoms with Crippen molar-refractivity contribution < 1.29 is 9.53 Å². The van der Waals surface area contributed by atoms with Crippen molar-refractivity contribution >= 4 is 17.7 Å². The van der Waals surface area contributed by atoms with Crippen LogP contribution >= 0.6 is 11.8 Å². The van der Waals surface area contributed by atoms with E-state index in [4.69, 9.17) is 4.74 Å². The molecule has 0 aliphatic heterocycles. The first kappa shape index (κ1) is 19.0. The average molecular weight is 401 g/mol. The Kier molecular flexibility index (Phi) is 6.02. The number of carbonyl (C=O) groups is 1. The minimum atomic E-state index is -0.295. The van der Waals surface area contributed by atoms with E-state index in [1.807, 2.05) is 91.0 Å². The number of rotatable bonds is 7. The number of benzene rings is 3. The van der Waals surface area contributed by atoms with Crippen molar-refractivity contribution in [2.75, 3.05) is 5.75 Å². The Bertz CT molecular complexity index is 1010. The molecule has 29 heavy (non-hydrogen) atoms. The van der Waals surface area contributed by atoms with Crippen LogP contribution in [0.5, 0.6) is 0 Å². The highest BCUT2D eigenvalue weighted by Crippen LogP contribution is 2.24. The minimum Gasteiger partial charge on any atom is -0.460 e. The van der Waals surface area contributed by atoms with E-state index in [0.29, 0.717) is 5.16 Å². The van der Waals surface area contributed by atoms with Crippen LogP contribution in [0.3, 0.4) is 0 Å². The van der Waals surface area contributed by atoms with E-state index in [0.717, 1.165) is 22.6 Å². The van der Waals surface area contributed by atoms with Gasteiger partial charge >= 0.3 is 5.97 Å². The third-order valence-electron chi connectivity index (χ3n) is 4.18. The molecule has 0 amide bonds. The molecule has 6 heteroatoms. The third-order valence-corrected chi connectivity index (χ3v) is 4.99. The van der Waals surface area contributed by atoms with E-state index in [9.17, 15) is 4.79 Å². The fraction of sp³-hybridized carbons (Fsp3) is 0.0870. The first-order valence-corrected chi connectivity index (χ1v) is 10.2. The Morgan fingerprint density at radius 2 is 1.48 bits per heavy atom. The molecule has 1 aromatic heterocycles. The first-order chi connectivity index (χ1) is 14.3. The molecule has 0 fully saturated rings. The topological polar surface area (TPSA) is 57.0 Å². The Morgan fingerprint density at radius 1 is 0.862 bits per heavy atom. The van der Waals surface area contributed by atoms with Crippen LogP contribution in [0, 0.1) is 0 Å². The fourth-order valence-corrected chi connectivity index (χ4v) is 3.40. The maximum atomic E-state index is 12.1. The number of para-hydroxylation sites is 1. The number of hydrogen-bond acceptors (Lipinski definition) is 5. The number of esters is 1. The van der Waals surface area contributed by atoms with Crippen molar-refractivity contribution in [3.8, 4) is 17.1 Å². The zero-order valence-corrected chi connectivity index (χ0v) is 16.5. The quantitative estimate of drug-likeness (QED) is 0.330. The number of hydrogen-bond donors (Lipinski definition) is 0. The second-order valence-electron chi connectivity index (χ2n) is 6.27. The van der Waals surface area contributed by atoms with Crippen LogP contribution in [0.15, 0.2) is 96.2 Å². The van der Waals surface area contributed by atoms with Gasteiger partial charge in [0.2, 0.25) is 5.16 Å². The molecule has 0 unspecified atom stereocenters. The van der Waals surface area contributed by atoms with Crippen molar-refractivity contribution in [3.63, 3.8) is 0 Å². The lowest BCUT2D eigenvalue weighted by Gasteiger charge is -2.05.